The number of hydrogen-bond donors (Lipinski definition) is 3. The van der Waals surface area contributed by atoms with Gasteiger partial charge in [0.2, 0.25) is 5.95 Å². The van der Waals surface area contributed by atoms with E-state index in [2.05, 4.69) is 25.4 Å². The van der Waals surface area contributed by atoms with Gasteiger partial charge in [0.05, 0.1) is 6.10 Å². The summed E-state index contributed by atoms with van der Waals surface area (Å²) in [5.41, 5.74) is 6.91. The maximum atomic E-state index is 13.6. The van der Waals surface area contributed by atoms with Gasteiger partial charge >= 0.3 is 13.7 Å². The van der Waals surface area contributed by atoms with E-state index in [0.29, 0.717) is 41.3 Å². The van der Waals surface area contributed by atoms with Gasteiger partial charge in [-0.25, -0.2) is 9.55 Å². The van der Waals surface area contributed by atoms with Crippen LogP contribution in [0, 0.1) is 0 Å². The van der Waals surface area contributed by atoms with Gasteiger partial charge in [0.25, 0.3) is 0 Å². The lowest BCUT2D eigenvalue weighted by molar-refractivity contribution is -0.149. The summed E-state index contributed by atoms with van der Waals surface area (Å²) >= 11 is 0. The number of aromatic nitrogens is 4. The van der Waals surface area contributed by atoms with Crippen molar-refractivity contribution in [1.82, 2.24) is 24.6 Å². The summed E-state index contributed by atoms with van der Waals surface area (Å²) in [6, 6.07) is 7.54. The van der Waals surface area contributed by atoms with E-state index in [-0.39, 0.29) is 12.1 Å². The van der Waals surface area contributed by atoms with Crippen LogP contribution in [-0.2, 0) is 23.4 Å². The van der Waals surface area contributed by atoms with Crippen LogP contribution in [0.4, 0.5) is 11.8 Å². The van der Waals surface area contributed by atoms with E-state index >= 15 is 0 Å². The average Bonchev–Trinajstić information content (AvgIpc) is 3.49. The van der Waals surface area contributed by atoms with Crippen LogP contribution in [0.3, 0.4) is 0 Å². The molecule has 0 saturated carbocycles. The Balaban J connectivity index is 1.51. The van der Waals surface area contributed by atoms with Crippen molar-refractivity contribution in [3.05, 3.63) is 48.7 Å². The first-order chi connectivity index (χ1) is 17.7. The summed E-state index contributed by atoms with van der Waals surface area (Å²) in [6.45, 7) is 4.97. The summed E-state index contributed by atoms with van der Waals surface area (Å²) in [5, 5.41) is 5.59. The Morgan fingerprint density at radius 2 is 2.03 bits per heavy atom. The van der Waals surface area contributed by atoms with Crippen LogP contribution in [0.5, 0.6) is 5.75 Å². The first kappa shape index (κ1) is 26.2. The second-order valence-corrected chi connectivity index (χ2v) is 10.2. The molecule has 1 fully saturated rings. The first-order valence-electron chi connectivity index (χ1n) is 11.7. The van der Waals surface area contributed by atoms with Gasteiger partial charge in [0.15, 0.2) is 23.2 Å². The van der Waals surface area contributed by atoms with Gasteiger partial charge in [0.1, 0.15) is 30.1 Å². The number of nitrogen functional groups attached to an aromatic ring is 1. The quantitative estimate of drug-likeness (QED) is 0.197. The molecule has 198 valence electrons. The highest BCUT2D eigenvalue weighted by atomic mass is 31.2. The number of esters is 1. The van der Waals surface area contributed by atoms with Crippen LogP contribution in [0.15, 0.2) is 48.7 Å². The van der Waals surface area contributed by atoms with Crippen LogP contribution in [-0.4, -0.2) is 44.7 Å². The van der Waals surface area contributed by atoms with Gasteiger partial charge in [-0.15, -0.1) is 0 Å². The zero-order valence-corrected chi connectivity index (χ0v) is 21.8. The molecule has 37 heavy (non-hydrogen) atoms. The van der Waals surface area contributed by atoms with Gasteiger partial charge in [-0.2, -0.15) is 15.1 Å². The molecule has 2 aromatic heterocycles. The summed E-state index contributed by atoms with van der Waals surface area (Å²) < 4.78 is 37.8. The molecule has 3 aromatic rings. The Bertz CT molecular complexity index is 1330. The molecule has 4 N–H and O–H groups in total. The number of fused-ring (bicyclic) bond motifs is 1. The number of ether oxygens (including phenoxy) is 2. The Labute approximate surface area is 214 Å². The Kier molecular flexibility index (Phi) is 7.84. The monoisotopic (exact) mass is 531 g/mol. The van der Waals surface area contributed by atoms with Crippen molar-refractivity contribution in [3.8, 4) is 5.75 Å². The molecule has 1 aliphatic rings. The minimum Gasteiger partial charge on any atom is -0.471 e. The van der Waals surface area contributed by atoms with Crippen molar-refractivity contribution in [3.63, 3.8) is 0 Å². The predicted molar refractivity (Wildman–Crippen MR) is 136 cm³/mol. The molecule has 0 spiro atoms. The average molecular weight is 532 g/mol. The number of hydrogen-bond acceptors (Lipinski definition) is 11. The fourth-order valence-corrected chi connectivity index (χ4v) is 5.00. The third kappa shape index (κ3) is 6.30. The van der Waals surface area contributed by atoms with Gasteiger partial charge in [0, 0.05) is 19.9 Å². The number of carbonyl (C=O) groups is 1. The second-order valence-electron chi connectivity index (χ2n) is 8.54. The smallest absolute Gasteiger partial charge is 0.471 e. The normalized spacial score (nSPS) is 18.8. The third-order valence-electron chi connectivity index (χ3n) is 5.26. The fraction of sp³-hybridized carbons (Fsp3) is 0.391. The van der Waals surface area contributed by atoms with Crippen LogP contribution < -0.4 is 20.7 Å². The van der Waals surface area contributed by atoms with Gasteiger partial charge in [-0.1, -0.05) is 18.2 Å². The van der Waals surface area contributed by atoms with Crippen molar-refractivity contribution in [2.75, 3.05) is 18.1 Å². The van der Waals surface area contributed by atoms with Crippen molar-refractivity contribution < 1.29 is 27.9 Å². The van der Waals surface area contributed by atoms with Crippen molar-refractivity contribution in [1.29, 1.82) is 0 Å². The Hall–Kier alpha value is -3.83. The highest BCUT2D eigenvalue weighted by Gasteiger charge is 2.34. The van der Waals surface area contributed by atoms with E-state index in [9.17, 15) is 9.36 Å². The van der Waals surface area contributed by atoms with Crippen LogP contribution in [0.25, 0.3) is 11.2 Å². The summed E-state index contributed by atoms with van der Waals surface area (Å²) in [4.78, 5) is 25.1. The Morgan fingerprint density at radius 1 is 1.27 bits per heavy atom. The maximum Gasteiger partial charge on any atom is 0.513 e. The van der Waals surface area contributed by atoms with E-state index in [4.69, 9.17) is 24.3 Å². The zero-order chi connectivity index (χ0) is 26.6. The molecule has 0 amide bonds. The number of rotatable bonds is 10. The minimum absolute atomic E-state index is 0.103. The second kappa shape index (κ2) is 11.1. The zero-order valence-electron chi connectivity index (χ0n) is 21.0. The molecule has 14 heteroatoms. The molecular weight excluding hydrogens is 501 g/mol. The van der Waals surface area contributed by atoms with Gasteiger partial charge < -0.3 is 29.6 Å². The number of nitrogens with two attached hydrogens (primary N) is 1. The van der Waals surface area contributed by atoms with Crippen LogP contribution in [0.2, 0.25) is 0 Å². The van der Waals surface area contributed by atoms with Crippen LogP contribution in [0.1, 0.15) is 39.8 Å². The molecule has 0 radical (unpaired) electrons. The number of imidazole rings is 1. The molecule has 4 rings (SSSR count). The molecule has 3 atom stereocenters. The number of carbonyl (C=O) groups excluding carboxylic acids is 1. The SMILES string of the molecule is CNc1nc(N)nc2c1ncn2[C@H]1CC/C(=C\OP(=O)(N[C@@H](C)C(=O)OC(C)C)Oc2ccccc2)O1. The number of anilines is 2. The lowest BCUT2D eigenvalue weighted by Crippen LogP contribution is -2.36. The largest absolute Gasteiger partial charge is 0.513 e. The molecule has 1 saturated heterocycles. The molecule has 0 aliphatic carbocycles. The number of nitrogens with one attached hydrogen (secondary N) is 2. The standard InChI is InChI=1S/C23H30N7O6P/c1-14(2)34-22(31)15(3)29-37(32,36-16-8-6-5-7-9-16)33-12-17-10-11-18(35-17)30-13-26-19-20(25-4)27-23(24)28-21(19)30/h5-9,12-15,18H,10-11H2,1-4H3,(H,29,32)(H3,24,25,27,28)/b17-12+/t15-,18+,37?/m0/s1. The third-order valence-corrected chi connectivity index (χ3v) is 6.80. The summed E-state index contributed by atoms with van der Waals surface area (Å²) in [5.74, 6) is 0.751. The number of allylic oxidation sites excluding steroid dienone is 1. The molecule has 1 aromatic carbocycles. The summed E-state index contributed by atoms with van der Waals surface area (Å²) in [6.07, 6.45) is 3.12. The van der Waals surface area contributed by atoms with Crippen molar-refractivity contribution >= 4 is 36.6 Å². The van der Waals surface area contributed by atoms with Gasteiger partial charge in [-0.05, 0) is 32.9 Å². The van der Waals surface area contributed by atoms with Crippen molar-refractivity contribution in [2.45, 2.75) is 52.0 Å². The topological polar surface area (TPSA) is 165 Å². The molecule has 13 nitrogen and oxygen atoms in total. The van der Waals surface area contributed by atoms with Gasteiger partial charge in [-0.3, -0.25) is 9.36 Å². The molecule has 1 unspecified atom stereocenters. The lowest BCUT2D eigenvalue weighted by Gasteiger charge is -2.22. The molecular formula is C23H30N7O6P. The van der Waals surface area contributed by atoms with E-state index in [1.54, 1.807) is 62.1 Å². The highest BCUT2D eigenvalue weighted by Crippen LogP contribution is 2.46. The Morgan fingerprint density at radius 3 is 2.73 bits per heavy atom. The summed E-state index contributed by atoms with van der Waals surface area (Å²) in [7, 11) is -2.34. The number of nitrogens with zero attached hydrogens (tertiary/aromatic N) is 4. The number of para-hydroxylation sites is 1. The lowest BCUT2D eigenvalue weighted by atomic mass is 10.3. The molecule has 1 aliphatic heterocycles. The van der Waals surface area contributed by atoms with Crippen molar-refractivity contribution in [2.24, 2.45) is 0 Å². The maximum absolute atomic E-state index is 13.6. The predicted octanol–water partition coefficient (Wildman–Crippen LogP) is 3.73. The number of benzene rings is 1. The molecule has 3 heterocycles. The highest BCUT2D eigenvalue weighted by molar-refractivity contribution is 7.52. The minimum atomic E-state index is -4.06. The van der Waals surface area contributed by atoms with E-state index in [0.717, 1.165) is 0 Å². The fourth-order valence-electron chi connectivity index (χ4n) is 3.61. The first-order valence-corrected chi connectivity index (χ1v) is 13.3. The van der Waals surface area contributed by atoms with E-state index in [1.165, 1.54) is 13.2 Å². The van der Waals surface area contributed by atoms with Crippen LogP contribution >= 0.6 is 7.75 Å². The van der Waals surface area contributed by atoms with E-state index in [1.807, 2.05) is 0 Å². The van der Waals surface area contributed by atoms with E-state index < -0.39 is 26.0 Å². The molecule has 0 bridgehead atoms.